The second-order valence-corrected chi connectivity index (χ2v) is 7.46. The van der Waals surface area contributed by atoms with E-state index in [0.29, 0.717) is 17.9 Å². The Morgan fingerprint density at radius 1 is 1.16 bits per heavy atom. The summed E-state index contributed by atoms with van der Waals surface area (Å²) >= 11 is 0. The molecule has 6 nitrogen and oxygen atoms in total. The fourth-order valence-corrected chi connectivity index (χ4v) is 4.62. The Hall–Kier alpha value is -2.08. The van der Waals surface area contributed by atoms with Crippen molar-refractivity contribution in [1.29, 1.82) is 0 Å². The van der Waals surface area contributed by atoms with Gasteiger partial charge in [0.05, 0.1) is 11.3 Å². The molecule has 0 spiro atoms. The summed E-state index contributed by atoms with van der Waals surface area (Å²) in [7, 11) is 0. The van der Waals surface area contributed by atoms with Crippen LogP contribution in [0.5, 0.6) is 0 Å². The lowest BCUT2D eigenvalue weighted by Crippen LogP contribution is -2.35. The quantitative estimate of drug-likeness (QED) is 0.782. The third kappa shape index (κ3) is 3.11. The number of carbonyl (C=O) groups is 2. The van der Waals surface area contributed by atoms with Gasteiger partial charge in [-0.2, -0.15) is 0 Å². The highest BCUT2D eigenvalue weighted by atomic mass is 16.2. The van der Waals surface area contributed by atoms with Gasteiger partial charge in [0.1, 0.15) is 0 Å². The molecule has 0 unspecified atom stereocenters. The molecule has 0 bridgehead atoms. The summed E-state index contributed by atoms with van der Waals surface area (Å²) in [4.78, 5) is 26.6. The SMILES string of the molecule is NC(=O)c1cc2c(cc1N1CCCC1)NC(=O)C[C@@H]2C1CCNCC1. The maximum absolute atomic E-state index is 12.3. The minimum Gasteiger partial charge on any atom is -0.371 e. The molecule has 0 saturated carbocycles. The van der Waals surface area contributed by atoms with Gasteiger partial charge in [-0.15, -0.1) is 0 Å². The number of nitrogens with two attached hydrogens (primary N) is 1. The van der Waals surface area contributed by atoms with Crippen molar-refractivity contribution in [2.75, 3.05) is 36.4 Å². The van der Waals surface area contributed by atoms with E-state index < -0.39 is 0 Å². The summed E-state index contributed by atoms with van der Waals surface area (Å²) in [5.41, 5.74) is 9.12. The van der Waals surface area contributed by atoms with Crippen LogP contribution in [0, 0.1) is 5.92 Å². The number of piperidine rings is 1. The number of carbonyl (C=O) groups excluding carboxylic acids is 2. The Balaban J connectivity index is 1.76. The molecule has 3 aliphatic heterocycles. The number of hydrogen-bond donors (Lipinski definition) is 3. The lowest BCUT2D eigenvalue weighted by atomic mass is 9.75. The Morgan fingerprint density at radius 3 is 2.56 bits per heavy atom. The number of primary amides is 1. The molecule has 2 fully saturated rings. The summed E-state index contributed by atoms with van der Waals surface area (Å²) in [6.45, 7) is 3.86. The van der Waals surface area contributed by atoms with Gasteiger partial charge < -0.3 is 21.3 Å². The molecule has 2 amide bonds. The Kier molecular flexibility index (Phi) is 4.37. The van der Waals surface area contributed by atoms with Crippen LogP contribution in [0.3, 0.4) is 0 Å². The number of fused-ring (bicyclic) bond motifs is 1. The summed E-state index contributed by atoms with van der Waals surface area (Å²) in [6, 6.07) is 3.93. The van der Waals surface area contributed by atoms with Crippen LogP contribution in [-0.2, 0) is 4.79 Å². The molecule has 25 heavy (non-hydrogen) atoms. The molecule has 0 aliphatic carbocycles. The third-order valence-corrected chi connectivity index (χ3v) is 5.91. The minimum atomic E-state index is -0.384. The fraction of sp³-hybridized carbons (Fsp3) is 0.579. The van der Waals surface area contributed by atoms with Crippen molar-refractivity contribution in [3.05, 3.63) is 23.3 Å². The van der Waals surface area contributed by atoms with Gasteiger partial charge in [-0.1, -0.05) is 0 Å². The average molecular weight is 342 g/mol. The van der Waals surface area contributed by atoms with Gasteiger partial charge in [0.15, 0.2) is 0 Å². The van der Waals surface area contributed by atoms with E-state index in [4.69, 9.17) is 5.73 Å². The number of nitrogens with one attached hydrogen (secondary N) is 2. The van der Waals surface area contributed by atoms with E-state index >= 15 is 0 Å². The van der Waals surface area contributed by atoms with Crippen LogP contribution in [0.2, 0.25) is 0 Å². The molecule has 6 heteroatoms. The fourth-order valence-electron chi connectivity index (χ4n) is 4.62. The van der Waals surface area contributed by atoms with E-state index in [9.17, 15) is 9.59 Å². The van der Waals surface area contributed by atoms with E-state index in [1.165, 1.54) is 0 Å². The van der Waals surface area contributed by atoms with Gasteiger partial charge in [0, 0.05) is 25.2 Å². The zero-order valence-corrected chi connectivity index (χ0v) is 14.5. The molecule has 1 atom stereocenters. The van der Waals surface area contributed by atoms with Crippen molar-refractivity contribution < 1.29 is 9.59 Å². The number of rotatable bonds is 3. The van der Waals surface area contributed by atoms with E-state index in [1.54, 1.807) is 0 Å². The second kappa shape index (κ2) is 6.67. The average Bonchev–Trinajstić information content (AvgIpc) is 3.15. The van der Waals surface area contributed by atoms with Crippen LogP contribution in [-0.4, -0.2) is 38.0 Å². The highest BCUT2D eigenvalue weighted by Gasteiger charge is 2.34. The van der Waals surface area contributed by atoms with Crippen molar-refractivity contribution in [3.8, 4) is 0 Å². The number of amides is 2. The number of nitrogens with zero attached hydrogens (tertiary/aromatic N) is 1. The van der Waals surface area contributed by atoms with Gasteiger partial charge in [0.2, 0.25) is 5.91 Å². The first-order valence-corrected chi connectivity index (χ1v) is 9.37. The summed E-state index contributed by atoms with van der Waals surface area (Å²) in [6.07, 6.45) is 4.88. The van der Waals surface area contributed by atoms with Crippen molar-refractivity contribution in [2.24, 2.45) is 11.7 Å². The molecule has 4 rings (SSSR count). The Labute approximate surface area is 148 Å². The van der Waals surface area contributed by atoms with E-state index in [-0.39, 0.29) is 17.7 Å². The van der Waals surface area contributed by atoms with Gasteiger partial charge in [-0.3, -0.25) is 9.59 Å². The lowest BCUT2D eigenvalue weighted by Gasteiger charge is -2.35. The number of benzene rings is 1. The van der Waals surface area contributed by atoms with Crippen molar-refractivity contribution in [2.45, 2.75) is 38.0 Å². The molecule has 3 heterocycles. The maximum atomic E-state index is 12.3. The van der Waals surface area contributed by atoms with Gasteiger partial charge in [0.25, 0.3) is 5.91 Å². The third-order valence-electron chi connectivity index (χ3n) is 5.91. The molecule has 1 aromatic rings. The first-order valence-electron chi connectivity index (χ1n) is 9.37. The summed E-state index contributed by atoms with van der Waals surface area (Å²) in [5.74, 6) is 0.349. The first-order chi connectivity index (χ1) is 12.1. The standard InChI is InChI=1S/C19H26N4O2/c20-19(25)15-9-14-13(12-3-5-21-6-4-12)10-18(24)22-16(14)11-17(15)23-7-1-2-8-23/h9,11-13,21H,1-8,10H2,(H2,20,25)(H,22,24)/t13-/m1/s1. The zero-order chi connectivity index (χ0) is 17.4. The molecule has 134 valence electrons. The normalized spacial score (nSPS) is 24.1. The minimum absolute atomic E-state index is 0.0789. The molecule has 1 aromatic carbocycles. The van der Waals surface area contributed by atoms with Crippen molar-refractivity contribution >= 4 is 23.2 Å². The predicted molar refractivity (Wildman–Crippen MR) is 98.0 cm³/mol. The predicted octanol–water partition coefficient (Wildman–Crippen LogP) is 1.81. The van der Waals surface area contributed by atoms with Crippen LogP contribution in [0.4, 0.5) is 11.4 Å². The Bertz CT molecular complexity index is 691. The van der Waals surface area contributed by atoms with E-state index in [1.807, 2.05) is 12.1 Å². The molecular weight excluding hydrogens is 316 g/mol. The van der Waals surface area contributed by atoms with Crippen LogP contribution >= 0.6 is 0 Å². The summed E-state index contributed by atoms with van der Waals surface area (Å²) < 4.78 is 0. The highest BCUT2D eigenvalue weighted by Crippen LogP contribution is 2.43. The van der Waals surface area contributed by atoms with Crippen LogP contribution in [0.15, 0.2) is 12.1 Å². The molecule has 3 aliphatic rings. The van der Waals surface area contributed by atoms with Gasteiger partial charge in [-0.05, 0) is 68.3 Å². The summed E-state index contributed by atoms with van der Waals surface area (Å²) in [5, 5.41) is 6.41. The molecular formula is C19H26N4O2. The van der Waals surface area contributed by atoms with Crippen LogP contribution < -0.4 is 21.3 Å². The zero-order valence-electron chi connectivity index (χ0n) is 14.5. The topological polar surface area (TPSA) is 87.5 Å². The molecule has 2 saturated heterocycles. The lowest BCUT2D eigenvalue weighted by molar-refractivity contribution is -0.117. The van der Waals surface area contributed by atoms with E-state index in [0.717, 1.165) is 68.8 Å². The van der Waals surface area contributed by atoms with Crippen molar-refractivity contribution in [1.82, 2.24) is 5.32 Å². The van der Waals surface area contributed by atoms with Gasteiger partial charge in [-0.25, -0.2) is 0 Å². The van der Waals surface area contributed by atoms with Crippen LogP contribution in [0.1, 0.15) is 53.9 Å². The monoisotopic (exact) mass is 342 g/mol. The second-order valence-electron chi connectivity index (χ2n) is 7.46. The van der Waals surface area contributed by atoms with E-state index in [2.05, 4.69) is 15.5 Å². The molecule has 0 aromatic heterocycles. The van der Waals surface area contributed by atoms with Crippen molar-refractivity contribution in [3.63, 3.8) is 0 Å². The maximum Gasteiger partial charge on any atom is 0.250 e. The smallest absolute Gasteiger partial charge is 0.250 e. The van der Waals surface area contributed by atoms with Gasteiger partial charge >= 0.3 is 0 Å². The Morgan fingerprint density at radius 2 is 1.88 bits per heavy atom. The molecule has 4 N–H and O–H groups in total. The highest BCUT2D eigenvalue weighted by molar-refractivity contribution is 6.02. The largest absolute Gasteiger partial charge is 0.371 e. The number of anilines is 2. The molecule has 0 radical (unpaired) electrons. The number of hydrogen-bond acceptors (Lipinski definition) is 4. The van der Waals surface area contributed by atoms with Crippen LogP contribution in [0.25, 0.3) is 0 Å². The first kappa shape index (κ1) is 16.4.